The average molecular weight is 418 g/mol. The number of aromatic hydroxyl groups is 3. The van der Waals surface area contributed by atoms with E-state index in [1.807, 2.05) is 0 Å². The van der Waals surface area contributed by atoms with Crippen molar-refractivity contribution in [2.24, 2.45) is 0 Å². The second-order valence-corrected chi connectivity index (χ2v) is 6.97. The topological polar surface area (TPSA) is 181 Å². The molecule has 0 amide bonds. The van der Waals surface area contributed by atoms with Gasteiger partial charge in [-0.2, -0.15) is 0 Å². The fourth-order valence-corrected chi connectivity index (χ4v) is 3.45. The van der Waals surface area contributed by atoms with Crippen molar-refractivity contribution in [1.82, 2.24) is 0 Å². The van der Waals surface area contributed by atoms with Gasteiger partial charge in [0, 0.05) is 17.7 Å². The summed E-state index contributed by atoms with van der Waals surface area (Å²) in [5.41, 5.74) is -0.842. The predicted octanol–water partition coefficient (Wildman–Crippen LogP) is 0.0492. The van der Waals surface area contributed by atoms with E-state index in [0.29, 0.717) is 5.56 Å². The first-order valence-corrected chi connectivity index (χ1v) is 8.89. The molecule has 30 heavy (non-hydrogen) atoms. The van der Waals surface area contributed by atoms with Gasteiger partial charge in [-0.05, 0) is 24.3 Å². The van der Waals surface area contributed by atoms with Crippen LogP contribution in [0, 0.1) is 0 Å². The van der Waals surface area contributed by atoms with E-state index in [9.17, 15) is 40.5 Å². The number of phenolic OH excluding ortho intramolecular Hbond substituents is 3. The number of aliphatic hydroxyl groups is 4. The lowest BCUT2D eigenvalue weighted by atomic mass is 9.91. The van der Waals surface area contributed by atoms with Gasteiger partial charge in [0.1, 0.15) is 58.4 Å². The summed E-state index contributed by atoms with van der Waals surface area (Å²) in [7, 11) is 0. The monoisotopic (exact) mass is 418 g/mol. The van der Waals surface area contributed by atoms with Crippen molar-refractivity contribution in [3.05, 3.63) is 52.2 Å². The van der Waals surface area contributed by atoms with E-state index >= 15 is 0 Å². The highest BCUT2D eigenvalue weighted by Crippen LogP contribution is 2.44. The normalized spacial score (nSPS) is 26.7. The number of benzene rings is 2. The molecule has 1 fully saturated rings. The first kappa shape index (κ1) is 20.1. The summed E-state index contributed by atoms with van der Waals surface area (Å²) in [5.74, 6) is -1.27. The van der Waals surface area contributed by atoms with Gasteiger partial charge in [-0.3, -0.25) is 4.79 Å². The van der Waals surface area contributed by atoms with Crippen LogP contribution >= 0.6 is 0 Å². The number of hydrogen-bond donors (Lipinski definition) is 7. The molecule has 5 atom stereocenters. The van der Waals surface area contributed by atoms with Crippen LogP contribution in [0.25, 0.3) is 22.3 Å². The Kier molecular flexibility index (Phi) is 4.88. The maximum absolute atomic E-state index is 12.7. The number of aliphatic hydroxyl groups excluding tert-OH is 4. The van der Waals surface area contributed by atoms with E-state index in [0.717, 1.165) is 12.1 Å². The molecule has 1 aromatic heterocycles. The van der Waals surface area contributed by atoms with E-state index in [2.05, 4.69) is 0 Å². The zero-order valence-electron chi connectivity index (χ0n) is 15.2. The Morgan fingerprint density at radius 1 is 0.833 bits per heavy atom. The number of rotatable bonds is 2. The van der Waals surface area contributed by atoms with Gasteiger partial charge in [0.15, 0.2) is 11.7 Å². The fraction of sp³-hybridized carbons (Fsp3) is 0.250. The molecule has 10 nitrogen and oxygen atoms in total. The first-order chi connectivity index (χ1) is 14.2. The van der Waals surface area contributed by atoms with Crippen LogP contribution in [0.2, 0.25) is 0 Å². The summed E-state index contributed by atoms with van der Waals surface area (Å²) in [6.45, 7) is 0. The van der Waals surface area contributed by atoms with Crippen LogP contribution in [-0.2, 0) is 4.74 Å². The third-order valence-electron chi connectivity index (χ3n) is 5.04. The molecule has 4 rings (SSSR count). The van der Waals surface area contributed by atoms with E-state index in [1.165, 1.54) is 24.3 Å². The third kappa shape index (κ3) is 3.16. The van der Waals surface area contributed by atoms with Crippen LogP contribution in [-0.4, -0.2) is 60.3 Å². The van der Waals surface area contributed by atoms with E-state index in [1.54, 1.807) is 0 Å². The Morgan fingerprint density at radius 3 is 2.17 bits per heavy atom. The smallest absolute Gasteiger partial charge is 0.197 e. The van der Waals surface area contributed by atoms with Crippen LogP contribution in [0.3, 0.4) is 0 Å². The second kappa shape index (κ2) is 7.27. The Labute approximate surface area is 168 Å². The molecule has 0 bridgehead atoms. The van der Waals surface area contributed by atoms with Crippen LogP contribution in [0.15, 0.2) is 45.6 Å². The summed E-state index contributed by atoms with van der Waals surface area (Å²) < 4.78 is 10.7. The standard InChI is InChI=1S/C20H18O10/c21-8-3-1-7(2-4-8)11-5-9(22)13-12(29-11)6-10(23)14(15(13)24)19-17(26)16(25)18(27)20(28)30-19/h1-6,16-21,23-28H. The van der Waals surface area contributed by atoms with Gasteiger partial charge in [-0.15, -0.1) is 0 Å². The number of fused-ring (bicyclic) bond motifs is 1. The zero-order chi connectivity index (χ0) is 21.7. The SMILES string of the molecule is O=c1cc(-c2ccc(O)cc2)oc2cc(O)c(C3OC(O)C(O)C(O)C3O)c(O)c12. The number of hydrogen-bond acceptors (Lipinski definition) is 10. The summed E-state index contributed by atoms with van der Waals surface area (Å²) in [6.07, 6.45) is -9.00. The van der Waals surface area contributed by atoms with Gasteiger partial charge in [-0.1, -0.05) is 0 Å². The van der Waals surface area contributed by atoms with E-state index < -0.39 is 53.2 Å². The molecule has 0 radical (unpaired) electrons. The molecule has 1 aliphatic rings. The van der Waals surface area contributed by atoms with Crippen molar-refractivity contribution in [2.75, 3.05) is 0 Å². The quantitative estimate of drug-likeness (QED) is 0.300. The molecule has 2 aromatic carbocycles. The number of phenols is 3. The van der Waals surface area contributed by atoms with Crippen LogP contribution < -0.4 is 5.43 Å². The Balaban J connectivity index is 1.86. The van der Waals surface area contributed by atoms with Gasteiger partial charge in [0.2, 0.25) is 0 Å². The minimum absolute atomic E-state index is 0.0161. The van der Waals surface area contributed by atoms with Crippen molar-refractivity contribution in [3.8, 4) is 28.6 Å². The highest BCUT2D eigenvalue weighted by molar-refractivity contribution is 5.88. The molecule has 0 aliphatic carbocycles. The molecule has 158 valence electrons. The van der Waals surface area contributed by atoms with Crippen LogP contribution in [0.5, 0.6) is 17.2 Å². The third-order valence-corrected chi connectivity index (χ3v) is 5.04. The van der Waals surface area contributed by atoms with E-state index in [4.69, 9.17) is 9.15 Å². The lowest BCUT2D eigenvalue weighted by Gasteiger charge is -2.38. The summed E-state index contributed by atoms with van der Waals surface area (Å²) >= 11 is 0. The number of ether oxygens (including phenoxy) is 1. The molecular formula is C20H18O10. The molecule has 1 aliphatic heterocycles. The van der Waals surface area contributed by atoms with E-state index in [-0.39, 0.29) is 22.5 Å². The first-order valence-electron chi connectivity index (χ1n) is 8.89. The van der Waals surface area contributed by atoms with Crippen molar-refractivity contribution < 1.29 is 44.9 Å². The molecular weight excluding hydrogens is 400 g/mol. The fourth-order valence-electron chi connectivity index (χ4n) is 3.45. The molecule has 0 spiro atoms. The molecule has 0 saturated carbocycles. The van der Waals surface area contributed by atoms with Crippen molar-refractivity contribution in [1.29, 1.82) is 0 Å². The van der Waals surface area contributed by atoms with Crippen LogP contribution in [0.1, 0.15) is 11.7 Å². The Hall–Kier alpha value is -3.15. The highest BCUT2D eigenvalue weighted by atomic mass is 16.6. The molecule has 1 saturated heterocycles. The zero-order valence-corrected chi connectivity index (χ0v) is 15.2. The maximum Gasteiger partial charge on any atom is 0.197 e. The summed E-state index contributed by atoms with van der Waals surface area (Å²) in [5, 5.41) is 69.5. The average Bonchev–Trinajstić information content (AvgIpc) is 2.70. The predicted molar refractivity (Wildman–Crippen MR) is 101 cm³/mol. The minimum atomic E-state index is -1.91. The van der Waals surface area contributed by atoms with Gasteiger partial charge >= 0.3 is 0 Å². The minimum Gasteiger partial charge on any atom is -0.508 e. The van der Waals surface area contributed by atoms with Gasteiger partial charge < -0.3 is 44.9 Å². The summed E-state index contributed by atoms with van der Waals surface area (Å²) in [6, 6.07) is 7.92. The van der Waals surface area contributed by atoms with Crippen LogP contribution in [0.4, 0.5) is 0 Å². The lowest BCUT2D eigenvalue weighted by Crippen LogP contribution is -2.54. The largest absolute Gasteiger partial charge is 0.508 e. The Morgan fingerprint density at radius 2 is 1.50 bits per heavy atom. The molecule has 7 N–H and O–H groups in total. The van der Waals surface area contributed by atoms with Gasteiger partial charge in [-0.25, -0.2) is 0 Å². The summed E-state index contributed by atoms with van der Waals surface area (Å²) in [4.78, 5) is 12.7. The molecule has 10 heteroatoms. The van der Waals surface area contributed by atoms with Gasteiger partial charge in [0.25, 0.3) is 0 Å². The molecule has 5 unspecified atom stereocenters. The second-order valence-electron chi connectivity index (χ2n) is 6.97. The van der Waals surface area contributed by atoms with Crippen molar-refractivity contribution >= 4 is 11.0 Å². The van der Waals surface area contributed by atoms with Gasteiger partial charge in [0.05, 0.1) is 5.56 Å². The Bertz CT molecular complexity index is 1150. The molecule has 3 aromatic rings. The van der Waals surface area contributed by atoms with Crippen molar-refractivity contribution in [3.63, 3.8) is 0 Å². The maximum atomic E-state index is 12.7. The lowest BCUT2D eigenvalue weighted by molar-refractivity contribution is -0.284. The van der Waals surface area contributed by atoms with Crippen molar-refractivity contribution in [2.45, 2.75) is 30.7 Å². The highest BCUT2D eigenvalue weighted by Gasteiger charge is 2.45. The molecule has 2 heterocycles.